The Labute approximate surface area is 159 Å². The Bertz CT molecular complexity index is 915. The van der Waals surface area contributed by atoms with E-state index in [0.29, 0.717) is 5.69 Å². The molecule has 0 saturated heterocycles. The Morgan fingerprint density at radius 2 is 2.11 bits per heavy atom. The van der Waals surface area contributed by atoms with Crippen molar-refractivity contribution in [3.63, 3.8) is 0 Å². The third-order valence-electron chi connectivity index (χ3n) is 5.16. The summed E-state index contributed by atoms with van der Waals surface area (Å²) in [5.74, 6) is 0. The van der Waals surface area contributed by atoms with Gasteiger partial charge in [-0.1, -0.05) is 6.07 Å². The molecule has 27 heavy (non-hydrogen) atoms. The summed E-state index contributed by atoms with van der Waals surface area (Å²) < 4.78 is 3.73. The molecule has 0 fully saturated rings. The first-order valence-electron chi connectivity index (χ1n) is 9.47. The van der Waals surface area contributed by atoms with Crippen LogP contribution in [0.2, 0.25) is 0 Å². The van der Waals surface area contributed by atoms with Crippen LogP contribution in [-0.2, 0) is 26.6 Å². The number of aromatic nitrogens is 5. The quantitative estimate of drug-likeness (QED) is 0.746. The zero-order valence-electron chi connectivity index (χ0n) is 15.9. The van der Waals surface area contributed by atoms with Gasteiger partial charge in [0.2, 0.25) is 0 Å². The van der Waals surface area contributed by atoms with E-state index >= 15 is 0 Å². The van der Waals surface area contributed by atoms with Crippen molar-refractivity contribution in [3.8, 4) is 0 Å². The van der Waals surface area contributed by atoms with E-state index in [1.807, 2.05) is 36.9 Å². The topological polar surface area (TPSA) is 72.0 Å². The van der Waals surface area contributed by atoms with Gasteiger partial charge in [-0.3, -0.25) is 19.2 Å². The van der Waals surface area contributed by atoms with Crippen molar-refractivity contribution in [1.82, 2.24) is 29.4 Å². The van der Waals surface area contributed by atoms with E-state index in [1.165, 1.54) is 0 Å². The summed E-state index contributed by atoms with van der Waals surface area (Å²) in [6.45, 7) is 5.78. The summed E-state index contributed by atoms with van der Waals surface area (Å²) in [6, 6.07) is 10.1. The molecule has 142 valence electrons. The monoisotopic (exact) mass is 366 g/mol. The van der Waals surface area contributed by atoms with E-state index < -0.39 is 6.10 Å². The van der Waals surface area contributed by atoms with E-state index in [1.54, 1.807) is 10.9 Å². The first-order valence-corrected chi connectivity index (χ1v) is 9.47. The summed E-state index contributed by atoms with van der Waals surface area (Å²) in [4.78, 5) is 7.05. The van der Waals surface area contributed by atoms with Crippen molar-refractivity contribution < 1.29 is 5.11 Å². The molecule has 1 atom stereocenters. The molecule has 1 N–H and O–H groups in total. The second-order valence-electron chi connectivity index (χ2n) is 7.22. The Morgan fingerprint density at radius 1 is 1.22 bits per heavy atom. The number of aliphatic hydroxyl groups is 1. The molecule has 4 heterocycles. The number of nitrogens with zero attached hydrogens (tertiary/aromatic N) is 6. The van der Waals surface area contributed by atoms with E-state index in [2.05, 4.69) is 32.2 Å². The van der Waals surface area contributed by atoms with Crippen LogP contribution in [0, 0.1) is 6.92 Å². The summed E-state index contributed by atoms with van der Waals surface area (Å²) >= 11 is 0. The van der Waals surface area contributed by atoms with E-state index in [4.69, 9.17) is 0 Å². The van der Waals surface area contributed by atoms with Crippen LogP contribution in [0.25, 0.3) is 0 Å². The van der Waals surface area contributed by atoms with Gasteiger partial charge in [-0.15, -0.1) is 0 Å². The van der Waals surface area contributed by atoms with Crippen LogP contribution in [0.3, 0.4) is 0 Å². The predicted octanol–water partition coefficient (Wildman–Crippen LogP) is 1.85. The predicted molar refractivity (Wildman–Crippen MR) is 102 cm³/mol. The van der Waals surface area contributed by atoms with Crippen LogP contribution in [0.5, 0.6) is 0 Å². The molecule has 3 aromatic rings. The lowest BCUT2D eigenvalue weighted by atomic mass is 10.1. The molecule has 0 aromatic carbocycles. The third kappa shape index (κ3) is 3.94. The van der Waals surface area contributed by atoms with E-state index in [9.17, 15) is 5.11 Å². The Morgan fingerprint density at radius 3 is 2.89 bits per heavy atom. The van der Waals surface area contributed by atoms with Gasteiger partial charge in [-0.05, 0) is 37.6 Å². The minimum absolute atomic E-state index is 0.691. The smallest absolute Gasteiger partial charge is 0.139 e. The summed E-state index contributed by atoms with van der Waals surface area (Å²) in [6.07, 6.45) is 2.94. The minimum atomic E-state index is -0.748. The van der Waals surface area contributed by atoms with Gasteiger partial charge < -0.3 is 5.11 Å². The van der Waals surface area contributed by atoms with Crippen molar-refractivity contribution in [2.45, 2.75) is 39.0 Å². The van der Waals surface area contributed by atoms with Gasteiger partial charge in [0.15, 0.2) is 0 Å². The van der Waals surface area contributed by atoms with Crippen molar-refractivity contribution in [1.29, 1.82) is 0 Å². The molecule has 7 nitrogen and oxygen atoms in total. The number of pyridine rings is 1. The SMILES string of the molecule is Cc1cccc(CCN2CCCn3nc([C@H](O)c4ccnn4C)cc3C2)n1. The second-order valence-corrected chi connectivity index (χ2v) is 7.22. The molecule has 0 bridgehead atoms. The minimum Gasteiger partial charge on any atom is -0.380 e. The average molecular weight is 366 g/mol. The molecule has 1 aliphatic rings. The molecule has 7 heteroatoms. The Kier molecular flexibility index (Phi) is 5.05. The van der Waals surface area contributed by atoms with Gasteiger partial charge in [0.1, 0.15) is 6.10 Å². The number of aliphatic hydroxyl groups excluding tert-OH is 1. The van der Waals surface area contributed by atoms with Crippen LogP contribution in [0.15, 0.2) is 36.5 Å². The maximum absolute atomic E-state index is 10.7. The number of fused-ring (bicyclic) bond motifs is 1. The third-order valence-corrected chi connectivity index (χ3v) is 5.16. The summed E-state index contributed by atoms with van der Waals surface area (Å²) in [5, 5.41) is 19.5. The highest BCUT2D eigenvalue weighted by atomic mass is 16.3. The number of hydrogen-bond acceptors (Lipinski definition) is 5. The van der Waals surface area contributed by atoms with Crippen molar-refractivity contribution in [2.75, 3.05) is 13.1 Å². The van der Waals surface area contributed by atoms with E-state index in [0.717, 1.165) is 61.8 Å². The van der Waals surface area contributed by atoms with Crippen molar-refractivity contribution in [3.05, 3.63) is 65.0 Å². The van der Waals surface area contributed by atoms with Crippen LogP contribution >= 0.6 is 0 Å². The largest absolute Gasteiger partial charge is 0.380 e. The lowest BCUT2D eigenvalue weighted by Crippen LogP contribution is -2.26. The fourth-order valence-electron chi connectivity index (χ4n) is 3.69. The van der Waals surface area contributed by atoms with Gasteiger partial charge >= 0.3 is 0 Å². The molecule has 3 aromatic heterocycles. The molecule has 0 saturated carbocycles. The van der Waals surface area contributed by atoms with Gasteiger partial charge in [0.25, 0.3) is 0 Å². The fourth-order valence-corrected chi connectivity index (χ4v) is 3.69. The molecular weight excluding hydrogens is 340 g/mol. The zero-order valence-corrected chi connectivity index (χ0v) is 15.9. The highest BCUT2D eigenvalue weighted by Gasteiger charge is 2.22. The van der Waals surface area contributed by atoms with Crippen molar-refractivity contribution in [2.24, 2.45) is 7.05 Å². The van der Waals surface area contributed by atoms with Crippen molar-refractivity contribution >= 4 is 0 Å². The van der Waals surface area contributed by atoms with Crippen LogP contribution in [-0.4, -0.2) is 47.6 Å². The highest BCUT2D eigenvalue weighted by molar-refractivity contribution is 5.21. The molecule has 0 aliphatic carbocycles. The van der Waals surface area contributed by atoms with Gasteiger partial charge in [0.05, 0.1) is 17.1 Å². The molecule has 0 amide bonds. The molecule has 1 aliphatic heterocycles. The standard InChI is InChI=1S/C20H26N6O/c1-15-5-3-6-16(22-15)8-12-25-10-4-11-26-17(14-25)13-18(23-26)20(27)19-7-9-21-24(19)2/h3,5-7,9,13,20,27H,4,8,10-12,14H2,1-2H3/t20-/m0/s1. The fraction of sp³-hybridized carbons (Fsp3) is 0.450. The van der Waals surface area contributed by atoms with Gasteiger partial charge in [-0.25, -0.2) is 0 Å². The normalized spacial score (nSPS) is 16.1. The average Bonchev–Trinajstić information content (AvgIpc) is 3.21. The van der Waals surface area contributed by atoms with Crippen LogP contribution in [0.1, 0.15) is 41.0 Å². The zero-order chi connectivity index (χ0) is 18.8. The molecule has 0 radical (unpaired) electrons. The molecule has 0 spiro atoms. The molecule has 4 rings (SSSR count). The number of hydrogen-bond donors (Lipinski definition) is 1. The Balaban J connectivity index is 1.46. The van der Waals surface area contributed by atoms with Crippen LogP contribution < -0.4 is 0 Å². The maximum atomic E-state index is 10.7. The molecular formula is C20H26N6O. The van der Waals surface area contributed by atoms with Gasteiger partial charge in [0, 0.05) is 57.2 Å². The van der Waals surface area contributed by atoms with Crippen LogP contribution in [0.4, 0.5) is 0 Å². The lowest BCUT2D eigenvalue weighted by molar-refractivity contribution is 0.203. The van der Waals surface area contributed by atoms with E-state index in [-0.39, 0.29) is 0 Å². The summed E-state index contributed by atoms with van der Waals surface area (Å²) in [5.41, 5.74) is 4.80. The Hall–Kier alpha value is -2.51. The first kappa shape index (κ1) is 17.9. The summed E-state index contributed by atoms with van der Waals surface area (Å²) in [7, 11) is 1.83. The molecule has 0 unspecified atom stereocenters. The number of rotatable bonds is 5. The number of aryl methyl sites for hydroxylation is 3. The highest BCUT2D eigenvalue weighted by Crippen LogP contribution is 2.23. The first-order chi connectivity index (χ1) is 13.1. The van der Waals surface area contributed by atoms with Gasteiger partial charge in [-0.2, -0.15) is 10.2 Å². The lowest BCUT2D eigenvalue weighted by Gasteiger charge is -2.19. The maximum Gasteiger partial charge on any atom is 0.139 e. The second kappa shape index (κ2) is 7.62.